The lowest BCUT2D eigenvalue weighted by molar-refractivity contribution is -0.132. The summed E-state index contributed by atoms with van der Waals surface area (Å²) in [6, 6.07) is 10.8. The molecule has 2 aromatic heterocycles. The maximum atomic E-state index is 10.9. The number of hydrogen-bond acceptors (Lipinski definition) is 6. The van der Waals surface area contributed by atoms with Crippen molar-refractivity contribution in [1.82, 2.24) is 9.97 Å². The van der Waals surface area contributed by atoms with Crippen LogP contribution in [0.2, 0.25) is 5.15 Å². The summed E-state index contributed by atoms with van der Waals surface area (Å²) in [7, 11) is 0. The van der Waals surface area contributed by atoms with Crippen LogP contribution in [0, 0.1) is 0 Å². The third-order valence-corrected chi connectivity index (χ3v) is 2.90. The molecule has 0 saturated heterocycles. The molecule has 0 saturated carbocycles. The fourth-order valence-electron chi connectivity index (χ4n) is 1.76. The van der Waals surface area contributed by atoms with Gasteiger partial charge in [-0.05, 0) is 18.2 Å². The van der Waals surface area contributed by atoms with Crippen molar-refractivity contribution < 1.29 is 13.9 Å². The molecular weight excluding hydrogens is 294 g/mol. The van der Waals surface area contributed by atoms with Gasteiger partial charge in [-0.3, -0.25) is 4.79 Å². The number of anilines is 2. The van der Waals surface area contributed by atoms with Crippen molar-refractivity contribution in [1.29, 1.82) is 0 Å². The summed E-state index contributed by atoms with van der Waals surface area (Å²) in [6.07, 6.45) is 0. The Kier molecular flexibility index (Phi) is 3.45. The van der Waals surface area contributed by atoms with Crippen LogP contribution in [0.3, 0.4) is 0 Å². The summed E-state index contributed by atoms with van der Waals surface area (Å²) in [6.45, 7) is 1.29. The second-order valence-corrected chi connectivity index (χ2v) is 4.55. The Morgan fingerprint density at radius 3 is 2.76 bits per heavy atom. The van der Waals surface area contributed by atoms with E-state index in [1.807, 2.05) is 24.3 Å². The average Bonchev–Trinajstić information content (AvgIpc) is 2.83. The fourth-order valence-corrected chi connectivity index (χ4v) is 1.95. The van der Waals surface area contributed by atoms with Gasteiger partial charge in [0.25, 0.3) is 6.01 Å². The zero-order valence-electron chi connectivity index (χ0n) is 11.0. The maximum absolute atomic E-state index is 10.9. The lowest BCUT2D eigenvalue weighted by Crippen LogP contribution is -2.03. The number of rotatable bonds is 3. The molecule has 0 spiro atoms. The first-order valence-corrected chi connectivity index (χ1v) is 6.47. The summed E-state index contributed by atoms with van der Waals surface area (Å²) in [4.78, 5) is 19.1. The first-order valence-electron chi connectivity index (χ1n) is 6.09. The highest BCUT2D eigenvalue weighted by atomic mass is 35.5. The zero-order valence-corrected chi connectivity index (χ0v) is 11.7. The van der Waals surface area contributed by atoms with Crippen molar-refractivity contribution in [2.24, 2.45) is 0 Å². The molecule has 0 aliphatic carbocycles. The molecule has 21 heavy (non-hydrogen) atoms. The van der Waals surface area contributed by atoms with Crippen LogP contribution in [0.4, 0.5) is 11.7 Å². The van der Waals surface area contributed by atoms with Gasteiger partial charge >= 0.3 is 5.97 Å². The van der Waals surface area contributed by atoms with Crippen molar-refractivity contribution in [3.8, 4) is 5.88 Å². The number of aromatic nitrogens is 2. The van der Waals surface area contributed by atoms with Gasteiger partial charge in [-0.15, -0.1) is 0 Å². The molecule has 106 valence electrons. The van der Waals surface area contributed by atoms with Crippen LogP contribution in [-0.4, -0.2) is 15.9 Å². The van der Waals surface area contributed by atoms with Gasteiger partial charge in [-0.2, -0.15) is 9.97 Å². The number of para-hydroxylation sites is 2. The lowest BCUT2D eigenvalue weighted by atomic mass is 10.3. The molecule has 7 heteroatoms. The van der Waals surface area contributed by atoms with E-state index in [4.69, 9.17) is 20.8 Å². The molecule has 3 aromatic rings. The van der Waals surface area contributed by atoms with Gasteiger partial charge in [0, 0.05) is 13.0 Å². The smallest absolute Gasteiger partial charge is 0.309 e. The molecule has 0 amide bonds. The van der Waals surface area contributed by atoms with E-state index in [1.165, 1.54) is 13.0 Å². The van der Waals surface area contributed by atoms with E-state index >= 15 is 0 Å². The third-order valence-electron chi connectivity index (χ3n) is 2.61. The Morgan fingerprint density at radius 1 is 1.24 bits per heavy atom. The van der Waals surface area contributed by atoms with Gasteiger partial charge in [-0.1, -0.05) is 23.7 Å². The molecule has 0 aliphatic rings. The van der Waals surface area contributed by atoms with Crippen molar-refractivity contribution >= 4 is 40.4 Å². The first-order chi connectivity index (χ1) is 10.1. The molecule has 0 atom stereocenters. The number of oxazole rings is 1. The Morgan fingerprint density at radius 2 is 2.05 bits per heavy atom. The number of carbonyl (C=O) groups is 1. The number of benzene rings is 1. The van der Waals surface area contributed by atoms with Gasteiger partial charge in [-0.25, -0.2) is 0 Å². The highest BCUT2D eigenvalue weighted by molar-refractivity contribution is 6.32. The second kappa shape index (κ2) is 5.41. The number of nitrogens with one attached hydrogen (secondary N) is 1. The van der Waals surface area contributed by atoms with Crippen molar-refractivity contribution in [2.45, 2.75) is 6.92 Å². The molecule has 2 heterocycles. The SMILES string of the molecule is CC(=O)Oc1ccc(Nc2nc3ccccc3o2)c(Cl)n1. The Bertz CT molecular complexity index is 783. The van der Waals surface area contributed by atoms with E-state index in [1.54, 1.807) is 6.07 Å². The van der Waals surface area contributed by atoms with E-state index in [0.29, 0.717) is 17.3 Å². The first kappa shape index (κ1) is 13.4. The van der Waals surface area contributed by atoms with Gasteiger partial charge < -0.3 is 14.5 Å². The average molecular weight is 304 g/mol. The Labute approximate surface area is 124 Å². The highest BCUT2D eigenvalue weighted by Gasteiger charge is 2.10. The monoisotopic (exact) mass is 303 g/mol. The largest absolute Gasteiger partial charge is 0.423 e. The quantitative estimate of drug-likeness (QED) is 0.589. The standard InChI is InChI=1S/C14H10ClN3O3/c1-8(19)20-12-7-6-10(13(15)18-12)17-14-16-9-4-2-3-5-11(9)21-14/h2-7H,1H3,(H,16,17). The van der Waals surface area contributed by atoms with Gasteiger partial charge in [0.1, 0.15) is 5.52 Å². The highest BCUT2D eigenvalue weighted by Crippen LogP contribution is 2.27. The zero-order chi connectivity index (χ0) is 14.8. The van der Waals surface area contributed by atoms with Crippen LogP contribution in [0.5, 0.6) is 5.88 Å². The summed E-state index contributed by atoms with van der Waals surface area (Å²) < 4.78 is 10.4. The van der Waals surface area contributed by atoms with Crippen LogP contribution in [0.15, 0.2) is 40.8 Å². The van der Waals surface area contributed by atoms with Gasteiger partial charge in [0.15, 0.2) is 10.7 Å². The summed E-state index contributed by atoms with van der Waals surface area (Å²) >= 11 is 6.03. The molecular formula is C14H10ClN3O3. The summed E-state index contributed by atoms with van der Waals surface area (Å²) in [5.41, 5.74) is 1.90. The number of carbonyl (C=O) groups excluding carboxylic acids is 1. The number of halogens is 1. The number of ether oxygens (including phenoxy) is 1. The number of esters is 1. The van der Waals surface area contributed by atoms with Crippen LogP contribution in [-0.2, 0) is 4.79 Å². The summed E-state index contributed by atoms with van der Waals surface area (Å²) in [5.74, 6) is -0.325. The molecule has 1 N–H and O–H groups in total. The van der Waals surface area contributed by atoms with E-state index in [-0.39, 0.29) is 11.0 Å². The molecule has 0 unspecified atom stereocenters. The topological polar surface area (TPSA) is 77.2 Å². The molecule has 0 aliphatic heterocycles. The molecule has 3 rings (SSSR count). The molecule has 0 fully saturated rings. The van der Waals surface area contributed by atoms with Crippen LogP contribution < -0.4 is 10.1 Å². The lowest BCUT2D eigenvalue weighted by Gasteiger charge is -2.05. The Hall–Kier alpha value is -2.60. The Balaban J connectivity index is 1.85. The van der Waals surface area contributed by atoms with Crippen molar-refractivity contribution in [3.05, 3.63) is 41.6 Å². The van der Waals surface area contributed by atoms with E-state index in [2.05, 4.69) is 15.3 Å². The molecule has 6 nitrogen and oxygen atoms in total. The third kappa shape index (κ3) is 2.95. The predicted octanol–water partition coefficient (Wildman–Crippen LogP) is 3.55. The van der Waals surface area contributed by atoms with Crippen LogP contribution in [0.25, 0.3) is 11.1 Å². The second-order valence-electron chi connectivity index (χ2n) is 4.19. The van der Waals surface area contributed by atoms with Gasteiger partial charge in [0.05, 0.1) is 5.69 Å². The minimum Gasteiger partial charge on any atom is -0.423 e. The van der Waals surface area contributed by atoms with E-state index < -0.39 is 5.97 Å². The number of hydrogen-bond donors (Lipinski definition) is 1. The molecule has 0 radical (unpaired) electrons. The van der Waals surface area contributed by atoms with Crippen LogP contribution in [0.1, 0.15) is 6.92 Å². The summed E-state index contributed by atoms with van der Waals surface area (Å²) in [5, 5.41) is 3.08. The van der Waals surface area contributed by atoms with Crippen molar-refractivity contribution in [3.63, 3.8) is 0 Å². The van der Waals surface area contributed by atoms with Crippen LogP contribution >= 0.6 is 11.6 Å². The minimum absolute atomic E-state index is 0.135. The normalized spacial score (nSPS) is 10.6. The predicted molar refractivity (Wildman–Crippen MR) is 77.8 cm³/mol. The maximum Gasteiger partial charge on any atom is 0.309 e. The molecule has 1 aromatic carbocycles. The number of nitrogens with zero attached hydrogens (tertiary/aromatic N) is 2. The van der Waals surface area contributed by atoms with Gasteiger partial charge in [0.2, 0.25) is 5.88 Å². The van der Waals surface area contributed by atoms with E-state index in [0.717, 1.165) is 5.52 Å². The molecule has 0 bridgehead atoms. The minimum atomic E-state index is -0.460. The fraction of sp³-hybridized carbons (Fsp3) is 0.0714. The van der Waals surface area contributed by atoms with E-state index in [9.17, 15) is 4.79 Å². The van der Waals surface area contributed by atoms with Crippen molar-refractivity contribution in [2.75, 3.05) is 5.32 Å². The number of fused-ring (bicyclic) bond motifs is 1. The number of pyridine rings is 1.